The molecule has 1 amide bonds. The zero-order valence-corrected chi connectivity index (χ0v) is 14.6. The van der Waals surface area contributed by atoms with E-state index in [1.54, 1.807) is 0 Å². The van der Waals surface area contributed by atoms with Gasteiger partial charge >= 0.3 is 5.97 Å². The van der Waals surface area contributed by atoms with Gasteiger partial charge in [0.25, 0.3) is 0 Å². The summed E-state index contributed by atoms with van der Waals surface area (Å²) in [5, 5.41) is 12.0. The van der Waals surface area contributed by atoms with Crippen LogP contribution in [0.2, 0.25) is 0 Å². The summed E-state index contributed by atoms with van der Waals surface area (Å²) in [5.41, 5.74) is 1.04. The molecule has 2 N–H and O–H groups in total. The molecule has 1 aromatic carbocycles. The minimum Gasteiger partial charge on any atom is -0.481 e. The maximum absolute atomic E-state index is 12.4. The lowest BCUT2D eigenvalue weighted by Crippen LogP contribution is -2.50. The van der Waals surface area contributed by atoms with E-state index in [1.165, 1.54) is 0 Å². The van der Waals surface area contributed by atoms with Gasteiger partial charge < -0.3 is 15.3 Å². The lowest BCUT2D eigenvalue weighted by molar-refractivity contribution is -0.143. The quantitative estimate of drug-likeness (QED) is 0.814. The molecule has 6 nitrogen and oxygen atoms in total. The third-order valence-corrected chi connectivity index (χ3v) is 5.28. The van der Waals surface area contributed by atoms with Crippen molar-refractivity contribution in [3.63, 3.8) is 0 Å². The Morgan fingerprint density at radius 1 is 1.12 bits per heavy atom. The zero-order chi connectivity index (χ0) is 17.6. The summed E-state index contributed by atoms with van der Waals surface area (Å²) in [4.78, 5) is 28.0. The van der Waals surface area contributed by atoms with Crippen molar-refractivity contribution in [2.45, 2.75) is 25.3 Å². The predicted octanol–water partition coefficient (Wildman–Crippen LogP) is 1.35. The number of rotatable bonds is 6. The van der Waals surface area contributed by atoms with Crippen molar-refractivity contribution in [1.29, 1.82) is 0 Å². The van der Waals surface area contributed by atoms with E-state index < -0.39 is 5.97 Å². The first-order valence-corrected chi connectivity index (χ1v) is 9.17. The molecule has 1 aromatic rings. The number of piperazine rings is 1. The number of hydrogen-bond acceptors (Lipinski definition) is 4. The van der Waals surface area contributed by atoms with Gasteiger partial charge in [0.15, 0.2) is 0 Å². The molecule has 2 saturated heterocycles. The second-order valence-electron chi connectivity index (χ2n) is 6.95. The van der Waals surface area contributed by atoms with Crippen molar-refractivity contribution in [3.05, 3.63) is 35.9 Å². The van der Waals surface area contributed by atoms with Gasteiger partial charge in [-0.2, -0.15) is 0 Å². The minimum atomic E-state index is -0.662. The van der Waals surface area contributed by atoms with Crippen LogP contribution in [0, 0.1) is 5.92 Å². The highest BCUT2D eigenvalue weighted by Crippen LogP contribution is 2.23. The highest BCUT2D eigenvalue weighted by Gasteiger charge is 2.31. The number of carbonyl (C=O) groups excluding carboxylic acids is 1. The largest absolute Gasteiger partial charge is 0.481 e. The van der Waals surface area contributed by atoms with E-state index in [0.29, 0.717) is 6.54 Å². The SMILES string of the molecule is O=C(O)C1CCN(CCCN2CCNC(=O)C2c2ccccc2)CC1. The number of nitrogens with zero attached hydrogens (tertiary/aromatic N) is 2. The third-order valence-electron chi connectivity index (χ3n) is 5.28. The molecule has 0 aromatic heterocycles. The highest BCUT2D eigenvalue weighted by molar-refractivity contribution is 5.83. The summed E-state index contributed by atoms with van der Waals surface area (Å²) >= 11 is 0. The number of benzene rings is 1. The van der Waals surface area contributed by atoms with E-state index >= 15 is 0 Å². The van der Waals surface area contributed by atoms with Gasteiger partial charge in [-0.05, 0) is 44.5 Å². The Morgan fingerprint density at radius 3 is 2.52 bits per heavy atom. The molecule has 0 saturated carbocycles. The average molecular weight is 345 g/mol. The number of nitrogens with one attached hydrogen (secondary N) is 1. The number of hydrogen-bond donors (Lipinski definition) is 2. The molecule has 6 heteroatoms. The van der Waals surface area contributed by atoms with Gasteiger partial charge in [-0.25, -0.2) is 0 Å². The first-order valence-electron chi connectivity index (χ1n) is 9.17. The van der Waals surface area contributed by atoms with E-state index in [4.69, 9.17) is 5.11 Å². The molecule has 0 aliphatic carbocycles. The van der Waals surface area contributed by atoms with Crippen LogP contribution in [-0.2, 0) is 9.59 Å². The lowest BCUT2D eigenvalue weighted by atomic mass is 9.97. The molecular formula is C19H27N3O3. The Bertz CT molecular complexity index is 585. The van der Waals surface area contributed by atoms with Gasteiger partial charge in [0, 0.05) is 19.6 Å². The molecule has 0 radical (unpaired) electrons. The molecule has 0 bridgehead atoms. The van der Waals surface area contributed by atoms with Gasteiger partial charge in [-0.1, -0.05) is 30.3 Å². The van der Waals surface area contributed by atoms with Crippen LogP contribution >= 0.6 is 0 Å². The van der Waals surface area contributed by atoms with Crippen molar-refractivity contribution < 1.29 is 14.7 Å². The standard InChI is InChI=1S/C19H27N3O3/c23-18-17(15-5-2-1-3-6-15)22(14-9-20-18)11-4-10-21-12-7-16(8-13-21)19(24)25/h1-3,5-6,16-17H,4,7-14H2,(H,20,23)(H,24,25). The van der Waals surface area contributed by atoms with Crippen molar-refractivity contribution >= 4 is 11.9 Å². The second kappa shape index (κ2) is 8.45. The summed E-state index contributed by atoms with van der Waals surface area (Å²) < 4.78 is 0. The highest BCUT2D eigenvalue weighted by atomic mass is 16.4. The topological polar surface area (TPSA) is 72.9 Å². The van der Waals surface area contributed by atoms with Gasteiger partial charge in [0.1, 0.15) is 6.04 Å². The molecule has 0 spiro atoms. The van der Waals surface area contributed by atoms with Crippen LogP contribution in [0.5, 0.6) is 0 Å². The molecule has 2 aliphatic heterocycles. The van der Waals surface area contributed by atoms with Gasteiger partial charge in [0.05, 0.1) is 5.92 Å². The fourth-order valence-corrected chi connectivity index (χ4v) is 3.85. The summed E-state index contributed by atoms with van der Waals surface area (Å²) in [5.74, 6) is -0.756. The third kappa shape index (κ3) is 4.58. The summed E-state index contributed by atoms with van der Waals surface area (Å²) in [6.45, 7) is 5.13. The Hall–Kier alpha value is -1.92. The number of amides is 1. The van der Waals surface area contributed by atoms with E-state index in [2.05, 4.69) is 15.1 Å². The maximum Gasteiger partial charge on any atom is 0.306 e. The Labute approximate surface area is 148 Å². The fourth-order valence-electron chi connectivity index (χ4n) is 3.85. The summed E-state index contributed by atoms with van der Waals surface area (Å²) in [6.07, 6.45) is 2.48. The number of carbonyl (C=O) groups is 2. The van der Waals surface area contributed by atoms with Crippen LogP contribution < -0.4 is 5.32 Å². The molecular weight excluding hydrogens is 318 g/mol. The maximum atomic E-state index is 12.4. The number of likely N-dealkylation sites (tertiary alicyclic amines) is 1. The molecule has 2 aliphatic rings. The molecule has 3 rings (SSSR count). The number of carboxylic acid groups (broad SMARTS) is 1. The van der Waals surface area contributed by atoms with E-state index in [-0.39, 0.29) is 17.9 Å². The molecule has 1 unspecified atom stereocenters. The smallest absolute Gasteiger partial charge is 0.306 e. The lowest BCUT2D eigenvalue weighted by Gasteiger charge is -2.36. The van der Waals surface area contributed by atoms with Gasteiger partial charge in [-0.15, -0.1) is 0 Å². The van der Waals surface area contributed by atoms with Crippen LogP contribution in [0.4, 0.5) is 0 Å². The predicted molar refractivity (Wildman–Crippen MR) is 95.2 cm³/mol. The number of aliphatic carboxylic acids is 1. The van der Waals surface area contributed by atoms with Crippen molar-refractivity contribution in [1.82, 2.24) is 15.1 Å². The van der Waals surface area contributed by atoms with E-state index in [9.17, 15) is 9.59 Å². The van der Waals surface area contributed by atoms with Gasteiger partial charge in [0.2, 0.25) is 5.91 Å². The molecule has 1 atom stereocenters. The minimum absolute atomic E-state index is 0.0831. The number of carboxylic acids is 1. The van der Waals surface area contributed by atoms with E-state index in [1.807, 2.05) is 30.3 Å². The first kappa shape index (κ1) is 17.9. The van der Waals surface area contributed by atoms with Crippen LogP contribution in [-0.4, -0.2) is 66.1 Å². The normalized spacial score (nSPS) is 23.4. The Morgan fingerprint density at radius 2 is 1.84 bits per heavy atom. The monoisotopic (exact) mass is 345 g/mol. The first-order chi connectivity index (χ1) is 12.1. The van der Waals surface area contributed by atoms with Crippen molar-refractivity contribution in [3.8, 4) is 0 Å². The van der Waals surface area contributed by atoms with Crippen LogP contribution in [0.3, 0.4) is 0 Å². The zero-order valence-electron chi connectivity index (χ0n) is 14.6. The number of piperidine rings is 1. The van der Waals surface area contributed by atoms with E-state index in [0.717, 1.165) is 57.5 Å². The molecule has 136 valence electrons. The van der Waals surface area contributed by atoms with Crippen molar-refractivity contribution in [2.75, 3.05) is 39.3 Å². The summed E-state index contributed by atoms with van der Waals surface area (Å²) in [7, 11) is 0. The molecule has 25 heavy (non-hydrogen) atoms. The van der Waals surface area contributed by atoms with Crippen LogP contribution in [0.15, 0.2) is 30.3 Å². The molecule has 2 fully saturated rings. The average Bonchev–Trinajstić information content (AvgIpc) is 2.63. The van der Waals surface area contributed by atoms with Crippen molar-refractivity contribution in [2.24, 2.45) is 5.92 Å². The molecule has 2 heterocycles. The Balaban J connectivity index is 1.50. The van der Waals surface area contributed by atoms with Gasteiger partial charge in [-0.3, -0.25) is 14.5 Å². The van der Waals surface area contributed by atoms with Crippen LogP contribution in [0.25, 0.3) is 0 Å². The fraction of sp³-hybridized carbons (Fsp3) is 0.579. The van der Waals surface area contributed by atoms with Crippen LogP contribution in [0.1, 0.15) is 30.9 Å². The summed E-state index contributed by atoms with van der Waals surface area (Å²) in [6, 6.07) is 9.74. The second-order valence-corrected chi connectivity index (χ2v) is 6.95. The Kier molecular flexibility index (Phi) is 6.04.